The van der Waals surface area contributed by atoms with Crippen LogP contribution in [0.2, 0.25) is 0 Å². The number of nitrogens with one attached hydrogen (secondary N) is 3. The summed E-state index contributed by atoms with van der Waals surface area (Å²) in [5.74, 6) is -0.0624. The Bertz CT molecular complexity index is 1290. The number of carbonyl (C=O) groups is 2. The number of fused-ring (bicyclic) bond motifs is 1. The predicted octanol–water partition coefficient (Wildman–Crippen LogP) is 5.29. The quantitative estimate of drug-likeness (QED) is 0.352. The fourth-order valence-electron chi connectivity index (χ4n) is 3.14. The van der Waals surface area contributed by atoms with E-state index < -0.39 is 0 Å². The van der Waals surface area contributed by atoms with Crippen molar-refractivity contribution in [2.45, 2.75) is 0 Å². The van der Waals surface area contributed by atoms with Crippen molar-refractivity contribution in [3.05, 3.63) is 88.6 Å². The lowest BCUT2D eigenvalue weighted by molar-refractivity contribution is 0.0973. The Kier molecular flexibility index (Phi) is 6.44. The van der Waals surface area contributed by atoms with Crippen LogP contribution in [-0.2, 0) is 0 Å². The molecule has 4 rings (SSSR count). The molecule has 0 aliphatic rings. The molecule has 32 heavy (non-hydrogen) atoms. The maximum Gasteiger partial charge on any atom is 0.265 e. The lowest BCUT2D eigenvalue weighted by Gasteiger charge is -2.13. The van der Waals surface area contributed by atoms with Gasteiger partial charge in [-0.2, -0.15) is 0 Å². The number of hydrogen-bond acceptors (Lipinski definition) is 5. The standard InChI is InChI=1S/C24H19N3O3S2/c1-30-20-14-16-6-3-2-5-15(16)13-19(20)22(28)27-24(31)26-18-10-8-17(9-11-18)25-23(29)21-7-4-12-32-21/h2-14H,1H3,(H,25,29)(H2,26,27,28,31). The summed E-state index contributed by atoms with van der Waals surface area (Å²) in [6.45, 7) is 0. The number of ether oxygens (including phenoxy) is 1. The molecule has 0 fully saturated rings. The van der Waals surface area contributed by atoms with Gasteiger partial charge in [-0.15, -0.1) is 11.3 Å². The summed E-state index contributed by atoms with van der Waals surface area (Å²) in [5.41, 5.74) is 1.72. The molecule has 3 aromatic carbocycles. The normalized spacial score (nSPS) is 10.4. The first-order valence-corrected chi connectivity index (χ1v) is 11.0. The molecule has 0 bridgehead atoms. The molecule has 1 aromatic heterocycles. The predicted molar refractivity (Wildman–Crippen MR) is 133 cm³/mol. The highest BCUT2D eigenvalue weighted by atomic mass is 32.1. The van der Waals surface area contributed by atoms with Crippen molar-refractivity contribution in [1.82, 2.24) is 5.32 Å². The molecule has 0 spiro atoms. The van der Waals surface area contributed by atoms with Crippen molar-refractivity contribution in [1.29, 1.82) is 0 Å². The SMILES string of the molecule is COc1cc2ccccc2cc1C(=O)NC(=S)Nc1ccc(NC(=O)c2cccs2)cc1. The zero-order valence-electron chi connectivity index (χ0n) is 17.0. The highest BCUT2D eigenvalue weighted by Gasteiger charge is 2.15. The lowest BCUT2D eigenvalue weighted by Crippen LogP contribution is -2.34. The molecule has 0 saturated carbocycles. The molecule has 2 amide bonds. The molecule has 1 heterocycles. The summed E-state index contributed by atoms with van der Waals surface area (Å²) >= 11 is 6.67. The van der Waals surface area contributed by atoms with Crippen LogP contribution in [0.25, 0.3) is 10.8 Å². The van der Waals surface area contributed by atoms with Crippen LogP contribution in [-0.4, -0.2) is 24.0 Å². The van der Waals surface area contributed by atoms with Crippen LogP contribution in [0.15, 0.2) is 78.2 Å². The minimum Gasteiger partial charge on any atom is -0.496 e. The molecule has 160 valence electrons. The van der Waals surface area contributed by atoms with Crippen LogP contribution in [0.1, 0.15) is 20.0 Å². The molecule has 0 aliphatic carbocycles. The number of thiocarbonyl (C=S) groups is 1. The average Bonchev–Trinajstić information content (AvgIpc) is 3.34. The Labute approximate surface area is 194 Å². The van der Waals surface area contributed by atoms with Gasteiger partial charge in [-0.3, -0.25) is 14.9 Å². The van der Waals surface area contributed by atoms with Gasteiger partial charge in [0.1, 0.15) is 5.75 Å². The highest BCUT2D eigenvalue weighted by Crippen LogP contribution is 2.26. The second-order valence-corrected chi connectivity index (χ2v) is 8.17. The Morgan fingerprint density at radius 2 is 1.50 bits per heavy atom. The fraction of sp³-hybridized carbons (Fsp3) is 0.0417. The van der Waals surface area contributed by atoms with E-state index in [1.165, 1.54) is 18.4 Å². The van der Waals surface area contributed by atoms with Crippen molar-refractivity contribution < 1.29 is 14.3 Å². The first-order chi connectivity index (χ1) is 15.5. The maximum absolute atomic E-state index is 12.8. The van der Waals surface area contributed by atoms with E-state index in [1.54, 1.807) is 36.4 Å². The smallest absolute Gasteiger partial charge is 0.265 e. The zero-order valence-corrected chi connectivity index (χ0v) is 18.7. The Morgan fingerprint density at radius 3 is 2.12 bits per heavy atom. The molecular formula is C24H19N3O3S2. The van der Waals surface area contributed by atoms with E-state index in [1.807, 2.05) is 41.8 Å². The lowest BCUT2D eigenvalue weighted by atomic mass is 10.1. The minimum absolute atomic E-state index is 0.153. The molecule has 8 heteroatoms. The number of rotatable bonds is 5. The molecule has 6 nitrogen and oxygen atoms in total. The third kappa shape index (κ3) is 4.93. The van der Waals surface area contributed by atoms with Crippen molar-refractivity contribution in [2.75, 3.05) is 17.7 Å². The monoisotopic (exact) mass is 461 g/mol. The molecule has 0 saturated heterocycles. The van der Waals surface area contributed by atoms with Crippen LogP contribution < -0.4 is 20.7 Å². The first-order valence-electron chi connectivity index (χ1n) is 9.67. The molecule has 0 aliphatic heterocycles. The van der Waals surface area contributed by atoms with Crippen molar-refractivity contribution in [3.8, 4) is 5.75 Å². The Balaban J connectivity index is 1.40. The van der Waals surface area contributed by atoms with Crippen LogP contribution in [0, 0.1) is 0 Å². The number of thiophene rings is 1. The number of anilines is 2. The number of hydrogen-bond donors (Lipinski definition) is 3. The highest BCUT2D eigenvalue weighted by molar-refractivity contribution is 7.80. The number of methoxy groups -OCH3 is 1. The summed E-state index contributed by atoms with van der Waals surface area (Å²) < 4.78 is 5.39. The fourth-order valence-corrected chi connectivity index (χ4v) is 3.97. The molecular weight excluding hydrogens is 442 g/mol. The van der Waals surface area contributed by atoms with E-state index in [0.717, 1.165) is 10.8 Å². The molecule has 4 aromatic rings. The summed E-state index contributed by atoms with van der Waals surface area (Å²) in [4.78, 5) is 25.6. The summed E-state index contributed by atoms with van der Waals surface area (Å²) in [6, 6.07) is 22.0. The molecule has 0 unspecified atom stereocenters. The largest absolute Gasteiger partial charge is 0.496 e. The third-order valence-corrected chi connectivity index (χ3v) is 5.76. The molecule has 0 radical (unpaired) electrons. The average molecular weight is 462 g/mol. The maximum atomic E-state index is 12.8. The van der Waals surface area contributed by atoms with Gasteiger partial charge in [0.25, 0.3) is 11.8 Å². The number of amides is 2. The van der Waals surface area contributed by atoms with Crippen LogP contribution >= 0.6 is 23.6 Å². The van der Waals surface area contributed by atoms with Gasteiger partial charge in [-0.25, -0.2) is 0 Å². The summed E-state index contributed by atoms with van der Waals surface area (Å²) in [6.07, 6.45) is 0. The van der Waals surface area contributed by atoms with E-state index in [2.05, 4.69) is 16.0 Å². The summed E-state index contributed by atoms with van der Waals surface area (Å²) in [7, 11) is 1.52. The first kappa shape index (κ1) is 21.5. The zero-order chi connectivity index (χ0) is 22.5. The summed E-state index contributed by atoms with van der Waals surface area (Å²) in [5, 5.41) is 12.4. The number of carbonyl (C=O) groups excluding carboxylic acids is 2. The van der Waals surface area contributed by atoms with E-state index >= 15 is 0 Å². The van der Waals surface area contributed by atoms with E-state index in [9.17, 15) is 9.59 Å². The van der Waals surface area contributed by atoms with Crippen LogP contribution in [0.3, 0.4) is 0 Å². The second kappa shape index (κ2) is 9.59. The van der Waals surface area contributed by atoms with E-state index in [0.29, 0.717) is 27.6 Å². The third-order valence-electron chi connectivity index (χ3n) is 4.69. The van der Waals surface area contributed by atoms with Gasteiger partial charge in [0.2, 0.25) is 0 Å². The van der Waals surface area contributed by atoms with Gasteiger partial charge in [-0.05, 0) is 70.8 Å². The van der Waals surface area contributed by atoms with Gasteiger partial charge in [0.15, 0.2) is 5.11 Å². The van der Waals surface area contributed by atoms with Gasteiger partial charge < -0.3 is 15.4 Å². The Hall–Kier alpha value is -3.75. The van der Waals surface area contributed by atoms with E-state index in [-0.39, 0.29) is 16.9 Å². The Morgan fingerprint density at radius 1 is 0.844 bits per heavy atom. The minimum atomic E-state index is -0.370. The van der Waals surface area contributed by atoms with Crippen molar-refractivity contribution in [3.63, 3.8) is 0 Å². The van der Waals surface area contributed by atoms with Crippen LogP contribution in [0.5, 0.6) is 5.75 Å². The second-order valence-electron chi connectivity index (χ2n) is 6.82. The van der Waals surface area contributed by atoms with Crippen LogP contribution in [0.4, 0.5) is 11.4 Å². The van der Waals surface area contributed by atoms with Crippen molar-refractivity contribution >= 4 is 62.6 Å². The number of benzene rings is 3. The van der Waals surface area contributed by atoms with Gasteiger partial charge >= 0.3 is 0 Å². The van der Waals surface area contributed by atoms with E-state index in [4.69, 9.17) is 17.0 Å². The van der Waals surface area contributed by atoms with Gasteiger partial charge in [0, 0.05) is 11.4 Å². The topological polar surface area (TPSA) is 79.5 Å². The van der Waals surface area contributed by atoms with Gasteiger partial charge in [-0.1, -0.05) is 30.3 Å². The van der Waals surface area contributed by atoms with Gasteiger partial charge in [0.05, 0.1) is 17.6 Å². The van der Waals surface area contributed by atoms with Crippen molar-refractivity contribution in [2.24, 2.45) is 0 Å². The molecule has 3 N–H and O–H groups in total. The molecule has 0 atom stereocenters.